The molecule has 5 heteroatoms. The molecular formula is C18H32N4O. The van der Waals surface area contributed by atoms with Crippen LogP contribution in [0.5, 0.6) is 0 Å². The third-order valence-corrected chi connectivity index (χ3v) is 4.99. The standard InChI is InChI=1S/C18H32N4O/c1-13(2)16(14(3)4)9-19-17-8-18(21-12-20-17)22-7-5-6-15(10-22)11-23/h8,12-16,23H,5-7,9-11H2,1-4H3,(H,19,20,21). The van der Waals surface area contributed by atoms with Crippen LogP contribution in [0.3, 0.4) is 0 Å². The molecule has 23 heavy (non-hydrogen) atoms. The summed E-state index contributed by atoms with van der Waals surface area (Å²) in [5, 5.41) is 12.9. The monoisotopic (exact) mass is 320 g/mol. The van der Waals surface area contributed by atoms with Crippen molar-refractivity contribution in [3.8, 4) is 0 Å². The fraction of sp³-hybridized carbons (Fsp3) is 0.778. The number of aliphatic hydroxyl groups excluding tert-OH is 1. The molecule has 1 unspecified atom stereocenters. The maximum atomic E-state index is 9.39. The Kier molecular flexibility index (Phi) is 6.63. The van der Waals surface area contributed by atoms with Gasteiger partial charge in [-0.3, -0.25) is 0 Å². The van der Waals surface area contributed by atoms with E-state index >= 15 is 0 Å². The molecule has 1 fully saturated rings. The molecule has 0 aliphatic carbocycles. The number of hydrogen-bond acceptors (Lipinski definition) is 5. The van der Waals surface area contributed by atoms with Gasteiger partial charge in [0.25, 0.3) is 0 Å². The molecular weight excluding hydrogens is 288 g/mol. The first-order valence-electron chi connectivity index (χ1n) is 8.93. The molecule has 0 aromatic carbocycles. The summed E-state index contributed by atoms with van der Waals surface area (Å²) < 4.78 is 0. The van der Waals surface area contributed by atoms with Gasteiger partial charge in [0.1, 0.15) is 18.0 Å². The Labute approximate surface area is 140 Å². The van der Waals surface area contributed by atoms with E-state index in [1.54, 1.807) is 6.33 Å². The second-order valence-electron chi connectivity index (χ2n) is 7.43. The molecule has 0 bridgehead atoms. The highest BCUT2D eigenvalue weighted by molar-refractivity contribution is 5.48. The van der Waals surface area contributed by atoms with E-state index in [4.69, 9.17) is 0 Å². The number of aromatic nitrogens is 2. The van der Waals surface area contributed by atoms with Crippen molar-refractivity contribution in [2.45, 2.75) is 40.5 Å². The number of nitrogens with zero attached hydrogens (tertiary/aromatic N) is 3. The van der Waals surface area contributed by atoms with Crippen LogP contribution in [-0.2, 0) is 0 Å². The molecule has 0 amide bonds. The first kappa shape index (κ1) is 18.0. The summed E-state index contributed by atoms with van der Waals surface area (Å²) in [6, 6.07) is 2.04. The highest BCUT2D eigenvalue weighted by Crippen LogP contribution is 2.24. The molecule has 1 atom stereocenters. The lowest BCUT2D eigenvalue weighted by Crippen LogP contribution is -2.37. The average molecular weight is 320 g/mol. The molecule has 5 nitrogen and oxygen atoms in total. The minimum absolute atomic E-state index is 0.261. The summed E-state index contributed by atoms with van der Waals surface area (Å²) in [5.74, 6) is 4.15. The fourth-order valence-corrected chi connectivity index (χ4v) is 3.50. The Morgan fingerprint density at radius 1 is 1.26 bits per heavy atom. The predicted octanol–water partition coefficient (Wildman–Crippen LogP) is 3.03. The lowest BCUT2D eigenvalue weighted by molar-refractivity contribution is 0.208. The van der Waals surface area contributed by atoms with E-state index in [0.29, 0.717) is 23.7 Å². The molecule has 2 rings (SSSR count). The summed E-state index contributed by atoms with van der Waals surface area (Å²) >= 11 is 0. The van der Waals surface area contributed by atoms with Crippen molar-refractivity contribution in [1.82, 2.24) is 9.97 Å². The van der Waals surface area contributed by atoms with Gasteiger partial charge in [-0.15, -0.1) is 0 Å². The van der Waals surface area contributed by atoms with Gasteiger partial charge >= 0.3 is 0 Å². The summed E-state index contributed by atoms with van der Waals surface area (Å²) in [4.78, 5) is 11.1. The second kappa shape index (κ2) is 8.48. The Morgan fingerprint density at radius 2 is 2.00 bits per heavy atom. The van der Waals surface area contributed by atoms with Crippen LogP contribution in [0.15, 0.2) is 12.4 Å². The fourth-order valence-electron chi connectivity index (χ4n) is 3.50. The van der Waals surface area contributed by atoms with E-state index in [2.05, 4.69) is 47.9 Å². The van der Waals surface area contributed by atoms with E-state index in [0.717, 1.165) is 44.1 Å². The van der Waals surface area contributed by atoms with Gasteiger partial charge in [0, 0.05) is 32.3 Å². The zero-order chi connectivity index (χ0) is 16.8. The molecule has 1 saturated heterocycles. The highest BCUT2D eigenvalue weighted by atomic mass is 16.3. The van der Waals surface area contributed by atoms with Crippen LogP contribution in [0.1, 0.15) is 40.5 Å². The Hall–Kier alpha value is -1.36. The Balaban J connectivity index is 1.99. The van der Waals surface area contributed by atoms with Gasteiger partial charge in [-0.05, 0) is 36.5 Å². The molecule has 130 valence electrons. The number of nitrogens with one attached hydrogen (secondary N) is 1. The lowest BCUT2D eigenvalue weighted by Gasteiger charge is -2.32. The maximum Gasteiger partial charge on any atom is 0.134 e. The Bertz CT molecular complexity index is 470. The lowest BCUT2D eigenvalue weighted by atomic mass is 9.85. The quantitative estimate of drug-likeness (QED) is 0.808. The highest BCUT2D eigenvalue weighted by Gasteiger charge is 2.21. The van der Waals surface area contributed by atoms with Crippen LogP contribution < -0.4 is 10.2 Å². The minimum atomic E-state index is 0.261. The molecule has 0 radical (unpaired) electrons. The molecule has 0 saturated carbocycles. The van der Waals surface area contributed by atoms with E-state index < -0.39 is 0 Å². The zero-order valence-electron chi connectivity index (χ0n) is 15.0. The van der Waals surface area contributed by atoms with Gasteiger partial charge < -0.3 is 15.3 Å². The second-order valence-corrected chi connectivity index (χ2v) is 7.43. The molecule has 1 aliphatic heterocycles. The Morgan fingerprint density at radius 3 is 2.65 bits per heavy atom. The third-order valence-electron chi connectivity index (χ3n) is 4.99. The normalized spacial score (nSPS) is 19.0. The van der Waals surface area contributed by atoms with Gasteiger partial charge in [0.2, 0.25) is 0 Å². The van der Waals surface area contributed by atoms with E-state index in [1.807, 2.05) is 6.07 Å². The molecule has 2 N–H and O–H groups in total. The number of anilines is 2. The number of hydrogen-bond donors (Lipinski definition) is 2. The van der Waals surface area contributed by atoms with Crippen LogP contribution >= 0.6 is 0 Å². The van der Waals surface area contributed by atoms with E-state index in [1.165, 1.54) is 0 Å². The first-order chi connectivity index (χ1) is 11.0. The number of piperidine rings is 1. The van der Waals surface area contributed by atoms with Gasteiger partial charge in [-0.2, -0.15) is 0 Å². The van der Waals surface area contributed by atoms with Crippen LogP contribution in [0.4, 0.5) is 11.6 Å². The van der Waals surface area contributed by atoms with Crippen molar-refractivity contribution < 1.29 is 5.11 Å². The molecule has 2 heterocycles. The van der Waals surface area contributed by atoms with Gasteiger partial charge in [-0.25, -0.2) is 9.97 Å². The molecule has 1 aliphatic rings. The molecule has 1 aromatic heterocycles. The predicted molar refractivity (Wildman–Crippen MR) is 95.7 cm³/mol. The number of aliphatic hydroxyl groups is 1. The largest absolute Gasteiger partial charge is 0.396 e. The van der Waals surface area contributed by atoms with Gasteiger partial charge in [0.15, 0.2) is 0 Å². The average Bonchev–Trinajstić information content (AvgIpc) is 2.54. The first-order valence-corrected chi connectivity index (χ1v) is 8.93. The van der Waals surface area contributed by atoms with Crippen LogP contribution in [-0.4, -0.2) is 41.3 Å². The molecule has 1 aromatic rings. The van der Waals surface area contributed by atoms with E-state index in [9.17, 15) is 5.11 Å². The SMILES string of the molecule is CC(C)C(CNc1cc(N2CCCC(CO)C2)ncn1)C(C)C. The van der Waals surface area contributed by atoms with Crippen molar-refractivity contribution in [2.75, 3.05) is 36.5 Å². The van der Waals surface area contributed by atoms with Crippen LogP contribution in [0, 0.1) is 23.7 Å². The van der Waals surface area contributed by atoms with E-state index in [-0.39, 0.29) is 6.61 Å². The summed E-state index contributed by atoms with van der Waals surface area (Å²) in [6.45, 7) is 12.2. The van der Waals surface area contributed by atoms with Crippen LogP contribution in [0.25, 0.3) is 0 Å². The molecule has 0 spiro atoms. The van der Waals surface area contributed by atoms with Crippen molar-refractivity contribution in [3.63, 3.8) is 0 Å². The van der Waals surface area contributed by atoms with Crippen LogP contribution in [0.2, 0.25) is 0 Å². The minimum Gasteiger partial charge on any atom is -0.396 e. The summed E-state index contributed by atoms with van der Waals surface area (Å²) in [7, 11) is 0. The van der Waals surface area contributed by atoms with Crippen molar-refractivity contribution >= 4 is 11.6 Å². The van der Waals surface area contributed by atoms with Crippen molar-refractivity contribution in [2.24, 2.45) is 23.7 Å². The topological polar surface area (TPSA) is 61.3 Å². The maximum absolute atomic E-state index is 9.39. The summed E-state index contributed by atoms with van der Waals surface area (Å²) in [5.41, 5.74) is 0. The van der Waals surface area contributed by atoms with Gasteiger partial charge in [0.05, 0.1) is 0 Å². The van der Waals surface area contributed by atoms with Gasteiger partial charge in [-0.1, -0.05) is 27.7 Å². The third kappa shape index (κ3) is 5.06. The zero-order valence-corrected chi connectivity index (χ0v) is 15.0. The van der Waals surface area contributed by atoms with Crippen molar-refractivity contribution in [3.05, 3.63) is 12.4 Å². The number of rotatable bonds is 7. The summed E-state index contributed by atoms with van der Waals surface area (Å²) in [6.07, 6.45) is 3.86. The smallest absolute Gasteiger partial charge is 0.134 e. The van der Waals surface area contributed by atoms with Crippen molar-refractivity contribution in [1.29, 1.82) is 0 Å².